The molecular weight excluding hydrogens is 376 g/mol. The molecular formula is C17H21BrN2O4. The maximum atomic E-state index is 12.1. The van der Waals surface area contributed by atoms with Crippen molar-refractivity contribution in [2.45, 2.75) is 38.1 Å². The minimum absolute atomic E-state index is 0.254. The van der Waals surface area contributed by atoms with Crippen LogP contribution in [0.1, 0.15) is 43.0 Å². The van der Waals surface area contributed by atoms with E-state index in [1.165, 1.54) is 0 Å². The Morgan fingerprint density at radius 2 is 1.96 bits per heavy atom. The molecule has 1 saturated carbocycles. The highest BCUT2D eigenvalue weighted by Crippen LogP contribution is 2.32. The largest absolute Gasteiger partial charge is 0.480 e. The molecule has 0 radical (unpaired) electrons. The fraction of sp³-hybridized carbons (Fsp3) is 0.471. The first kappa shape index (κ1) is 18.4. The zero-order chi connectivity index (χ0) is 17.7. The van der Waals surface area contributed by atoms with Crippen LogP contribution in [0.3, 0.4) is 0 Å². The second kappa shape index (κ2) is 7.79. The Hall–Kier alpha value is -1.89. The van der Waals surface area contributed by atoms with Crippen molar-refractivity contribution in [3.63, 3.8) is 0 Å². The summed E-state index contributed by atoms with van der Waals surface area (Å²) in [5.74, 6) is -1.42. The average Bonchev–Trinajstić information content (AvgIpc) is 2.54. The molecule has 1 fully saturated rings. The average molecular weight is 397 g/mol. The van der Waals surface area contributed by atoms with Crippen LogP contribution < -0.4 is 10.6 Å². The highest BCUT2D eigenvalue weighted by Gasteiger charge is 2.42. The van der Waals surface area contributed by atoms with E-state index in [0.29, 0.717) is 24.3 Å². The number of aliphatic carboxylic acids is 1. The van der Waals surface area contributed by atoms with Crippen molar-refractivity contribution in [2.75, 3.05) is 6.54 Å². The summed E-state index contributed by atoms with van der Waals surface area (Å²) in [4.78, 5) is 35.7. The SMILES string of the molecule is CC1CCC(NC(=O)CNC(=O)c2cccc(Br)c2)(C(=O)O)CC1. The lowest BCUT2D eigenvalue weighted by molar-refractivity contribution is -0.149. The Morgan fingerprint density at radius 1 is 1.29 bits per heavy atom. The molecule has 0 spiro atoms. The minimum Gasteiger partial charge on any atom is -0.480 e. The first-order valence-corrected chi connectivity index (χ1v) is 8.70. The summed E-state index contributed by atoms with van der Waals surface area (Å²) in [5.41, 5.74) is -0.791. The fourth-order valence-corrected chi connectivity index (χ4v) is 3.25. The van der Waals surface area contributed by atoms with Gasteiger partial charge in [0.1, 0.15) is 5.54 Å². The van der Waals surface area contributed by atoms with Gasteiger partial charge in [-0.25, -0.2) is 4.79 Å². The van der Waals surface area contributed by atoms with Gasteiger partial charge in [0.25, 0.3) is 5.91 Å². The second-order valence-corrected chi connectivity index (χ2v) is 7.23. The Morgan fingerprint density at radius 3 is 2.54 bits per heavy atom. The molecule has 2 amide bonds. The van der Waals surface area contributed by atoms with E-state index < -0.39 is 17.4 Å². The lowest BCUT2D eigenvalue weighted by Gasteiger charge is -2.36. The summed E-state index contributed by atoms with van der Waals surface area (Å²) in [6.07, 6.45) is 2.34. The van der Waals surface area contributed by atoms with Crippen molar-refractivity contribution >= 4 is 33.7 Å². The Bertz CT molecular complexity index is 639. The summed E-state index contributed by atoms with van der Waals surface area (Å²) in [7, 11) is 0. The van der Waals surface area contributed by atoms with E-state index in [0.717, 1.165) is 17.3 Å². The number of amides is 2. The van der Waals surface area contributed by atoms with E-state index >= 15 is 0 Å². The molecule has 24 heavy (non-hydrogen) atoms. The smallest absolute Gasteiger partial charge is 0.329 e. The third-order valence-electron chi connectivity index (χ3n) is 4.41. The van der Waals surface area contributed by atoms with E-state index in [1.54, 1.807) is 24.3 Å². The van der Waals surface area contributed by atoms with Gasteiger partial charge in [-0.2, -0.15) is 0 Å². The third-order valence-corrected chi connectivity index (χ3v) is 4.91. The van der Waals surface area contributed by atoms with Gasteiger partial charge in [0.2, 0.25) is 5.91 Å². The van der Waals surface area contributed by atoms with Gasteiger partial charge in [-0.05, 0) is 49.8 Å². The van der Waals surface area contributed by atoms with E-state index in [-0.39, 0.29) is 12.5 Å². The maximum Gasteiger partial charge on any atom is 0.329 e. The van der Waals surface area contributed by atoms with E-state index in [1.807, 2.05) is 0 Å². The lowest BCUT2D eigenvalue weighted by atomic mass is 9.77. The maximum absolute atomic E-state index is 12.1. The van der Waals surface area contributed by atoms with Crippen molar-refractivity contribution in [3.8, 4) is 0 Å². The molecule has 0 bridgehead atoms. The molecule has 7 heteroatoms. The highest BCUT2D eigenvalue weighted by molar-refractivity contribution is 9.10. The quantitative estimate of drug-likeness (QED) is 0.711. The zero-order valence-corrected chi connectivity index (χ0v) is 15.1. The normalized spacial score (nSPS) is 23.3. The molecule has 1 aromatic carbocycles. The van der Waals surface area contributed by atoms with Gasteiger partial charge in [-0.15, -0.1) is 0 Å². The Labute approximate surface area is 149 Å². The number of hydrogen-bond donors (Lipinski definition) is 3. The molecule has 6 nitrogen and oxygen atoms in total. The summed E-state index contributed by atoms with van der Waals surface area (Å²) in [5, 5.41) is 14.6. The molecule has 3 N–H and O–H groups in total. The number of benzene rings is 1. The van der Waals surface area contributed by atoms with Gasteiger partial charge < -0.3 is 15.7 Å². The van der Waals surface area contributed by atoms with Crippen LogP contribution in [0.2, 0.25) is 0 Å². The number of carbonyl (C=O) groups is 3. The van der Waals surface area contributed by atoms with Crippen LogP contribution in [0.4, 0.5) is 0 Å². The molecule has 2 rings (SSSR count). The number of rotatable bonds is 5. The van der Waals surface area contributed by atoms with Crippen LogP contribution in [0.15, 0.2) is 28.7 Å². The zero-order valence-electron chi connectivity index (χ0n) is 13.5. The second-order valence-electron chi connectivity index (χ2n) is 6.31. The van der Waals surface area contributed by atoms with Gasteiger partial charge >= 0.3 is 5.97 Å². The van der Waals surface area contributed by atoms with Crippen molar-refractivity contribution in [1.82, 2.24) is 10.6 Å². The van der Waals surface area contributed by atoms with E-state index in [2.05, 4.69) is 33.5 Å². The molecule has 0 atom stereocenters. The number of halogens is 1. The van der Waals surface area contributed by atoms with Crippen LogP contribution in [-0.2, 0) is 9.59 Å². The topological polar surface area (TPSA) is 95.5 Å². The molecule has 0 aliphatic heterocycles. The highest BCUT2D eigenvalue weighted by atomic mass is 79.9. The molecule has 0 saturated heterocycles. The van der Waals surface area contributed by atoms with Crippen LogP contribution in [0.25, 0.3) is 0 Å². The van der Waals surface area contributed by atoms with Crippen molar-refractivity contribution in [1.29, 1.82) is 0 Å². The van der Waals surface area contributed by atoms with Crippen molar-refractivity contribution < 1.29 is 19.5 Å². The van der Waals surface area contributed by atoms with Crippen molar-refractivity contribution in [2.24, 2.45) is 5.92 Å². The summed E-state index contributed by atoms with van der Waals surface area (Å²) >= 11 is 3.28. The fourth-order valence-electron chi connectivity index (χ4n) is 2.85. The molecule has 130 valence electrons. The van der Waals surface area contributed by atoms with Crippen molar-refractivity contribution in [3.05, 3.63) is 34.3 Å². The standard InChI is InChI=1S/C17H21BrN2O4/c1-11-5-7-17(8-6-11,16(23)24)20-14(21)10-19-15(22)12-3-2-4-13(18)9-12/h2-4,9,11H,5-8,10H2,1H3,(H,19,22)(H,20,21)(H,23,24). The number of carboxylic acids is 1. The molecule has 0 unspecified atom stereocenters. The first-order valence-electron chi connectivity index (χ1n) is 7.90. The third kappa shape index (κ3) is 4.56. The monoisotopic (exact) mass is 396 g/mol. The van der Waals surface area contributed by atoms with E-state index in [9.17, 15) is 19.5 Å². The van der Waals surface area contributed by atoms with Gasteiger partial charge in [0.05, 0.1) is 6.54 Å². The van der Waals surface area contributed by atoms with E-state index in [4.69, 9.17) is 0 Å². The molecule has 0 aromatic heterocycles. The molecule has 1 aliphatic rings. The van der Waals surface area contributed by atoms with Crippen LogP contribution in [0.5, 0.6) is 0 Å². The lowest BCUT2D eigenvalue weighted by Crippen LogP contribution is -2.58. The summed E-state index contributed by atoms with van der Waals surface area (Å²) in [6, 6.07) is 6.81. The van der Waals surface area contributed by atoms with Gasteiger partial charge in [-0.3, -0.25) is 9.59 Å². The van der Waals surface area contributed by atoms with Gasteiger partial charge in [-0.1, -0.05) is 28.9 Å². The van der Waals surface area contributed by atoms with Gasteiger partial charge in [0, 0.05) is 10.0 Å². The molecule has 0 heterocycles. The first-order chi connectivity index (χ1) is 11.3. The summed E-state index contributed by atoms with van der Waals surface area (Å²) < 4.78 is 0.765. The predicted octanol–water partition coefficient (Wildman–Crippen LogP) is 2.33. The molecule has 1 aliphatic carbocycles. The minimum atomic E-state index is -1.22. The number of carboxylic acid groups (broad SMARTS) is 1. The van der Waals surface area contributed by atoms with Crippen LogP contribution in [0, 0.1) is 5.92 Å². The molecule has 1 aromatic rings. The van der Waals surface area contributed by atoms with Crippen LogP contribution in [-0.4, -0.2) is 35.0 Å². The van der Waals surface area contributed by atoms with Crippen LogP contribution >= 0.6 is 15.9 Å². The number of carbonyl (C=O) groups excluding carboxylic acids is 2. The Balaban J connectivity index is 1.92. The number of hydrogen-bond acceptors (Lipinski definition) is 3. The number of nitrogens with one attached hydrogen (secondary N) is 2. The Kier molecular flexibility index (Phi) is 5.99. The predicted molar refractivity (Wildman–Crippen MR) is 92.6 cm³/mol. The van der Waals surface area contributed by atoms with Gasteiger partial charge in [0.15, 0.2) is 0 Å². The summed E-state index contributed by atoms with van der Waals surface area (Å²) in [6.45, 7) is 1.82.